The van der Waals surface area contributed by atoms with E-state index in [1.807, 2.05) is 36.5 Å². The molecule has 0 aliphatic heterocycles. The minimum atomic E-state index is -0.425. The summed E-state index contributed by atoms with van der Waals surface area (Å²) in [5.74, 6) is 0.298. The van der Waals surface area contributed by atoms with Gasteiger partial charge < -0.3 is 5.73 Å². The summed E-state index contributed by atoms with van der Waals surface area (Å²) in [5, 5.41) is 8.39. The van der Waals surface area contributed by atoms with Crippen LogP contribution in [0.5, 0.6) is 0 Å². The van der Waals surface area contributed by atoms with Crippen molar-refractivity contribution >= 4 is 39.2 Å². The predicted molar refractivity (Wildman–Crippen MR) is 103 cm³/mol. The third kappa shape index (κ3) is 3.76. The SMILES string of the molecule is NC(=O)c1ccc(Cn2cc(CSc3nc4ccccc4s3)nn2)cc1. The summed E-state index contributed by atoms with van der Waals surface area (Å²) >= 11 is 3.35. The first kappa shape index (κ1) is 16.7. The fourth-order valence-electron chi connectivity index (χ4n) is 2.49. The summed E-state index contributed by atoms with van der Waals surface area (Å²) in [6.07, 6.45) is 1.93. The van der Waals surface area contributed by atoms with Crippen LogP contribution in [0.2, 0.25) is 0 Å². The average Bonchev–Trinajstić information content (AvgIpc) is 3.26. The van der Waals surface area contributed by atoms with Gasteiger partial charge in [0.15, 0.2) is 4.34 Å². The lowest BCUT2D eigenvalue weighted by Gasteiger charge is -2.01. The topological polar surface area (TPSA) is 86.7 Å². The summed E-state index contributed by atoms with van der Waals surface area (Å²) in [5.41, 5.74) is 8.72. The van der Waals surface area contributed by atoms with Crippen LogP contribution in [0.4, 0.5) is 0 Å². The second-order valence-corrected chi connectivity index (χ2v) is 7.96. The molecular formula is C18H15N5OS2. The zero-order valence-electron chi connectivity index (χ0n) is 13.7. The Morgan fingerprint density at radius 3 is 2.73 bits per heavy atom. The normalized spacial score (nSPS) is 11.1. The highest BCUT2D eigenvalue weighted by Crippen LogP contribution is 2.30. The standard InChI is InChI=1S/C18H15N5OS2/c19-17(24)13-7-5-12(6-8-13)9-23-10-14(21-22-23)11-25-18-20-15-3-1-2-4-16(15)26-18/h1-8,10H,9,11H2,(H2,19,24). The number of benzene rings is 2. The largest absolute Gasteiger partial charge is 0.366 e. The lowest BCUT2D eigenvalue weighted by molar-refractivity contribution is 0.100. The molecule has 4 aromatic rings. The van der Waals surface area contributed by atoms with Gasteiger partial charge in [-0.2, -0.15) is 0 Å². The van der Waals surface area contributed by atoms with Crippen molar-refractivity contribution in [1.29, 1.82) is 0 Å². The van der Waals surface area contributed by atoms with E-state index >= 15 is 0 Å². The van der Waals surface area contributed by atoms with Crippen molar-refractivity contribution in [1.82, 2.24) is 20.0 Å². The Balaban J connectivity index is 1.38. The van der Waals surface area contributed by atoms with Gasteiger partial charge in [-0.15, -0.1) is 16.4 Å². The molecule has 2 aromatic carbocycles. The van der Waals surface area contributed by atoms with Crippen LogP contribution in [-0.2, 0) is 12.3 Å². The van der Waals surface area contributed by atoms with Crippen molar-refractivity contribution in [3.63, 3.8) is 0 Å². The fourth-order valence-corrected chi connectivity index (χ4v) is 4.44. The van der Waals surface area contributed by atoms with Crippen LogP contribution in [0.15, 0.2) is 59.1 Å². The van der Waals surface area contributed by atoms with Gasteiger partial charge in [0.1, 0.15) is 0 Å². The van der Waals surface area contributed by atoms with E-state index in [0.717, 1.165) is 26.9 Å². The van der Waals surface area contributed by atoms with E-state index in [1.165, 1.54) is 4.70 Å². The number of fused-ring (bicyclic) bond motifs is 1. The van der Waals surface area contributed by atoms with Gasteiger partial charge in [0.05, 0.1) is 22.5 Å². The number of thioether (sulfide) groups is 1. The van der Waals surface area contributed by atoms with Crippen LogP contribution in [0.1, 0.15) is 21.6 Å². The van der Waals surface area contributed by atoms with Gasteiger partial charge >= 0.3 is 0 Å². The number of nitrogens with two attached hydrogens (primary N) is 1. The molecule has 130 valence electrons. The van der Waals surface area contributed by atoms with Crippen LogP contribution in [0.25, 0.3) is 10.2 Å². The number of para-hydroxylation sites is 1. The fraction of sp³-hybridized carbons (Fsp3) is 0.111. The molecule has 0 unspecified atom stereocenters. The molecule has 6 nitrogen and oxygen atoms in total. The molecule has 26 heavy (non-hydrogen) atoms. The Morgan fingerprint density at radius 1 is 1.15 bits per heavy atom. The van der Waals surface area contributed by atoms with Crippen molar-refractivity contribution in [3.05, 3.63) is 71.5 Å². The van der Waals surface area contributed by atoms with Crippen molar-refractivity contribution in [2.75, 3.05) is 0 Å². The highest BCUT2D eigenvalue weighted by atomic mass is 32.2. The van der Waals surface area contributed by atoms with E-state index in [9.17, 15) is 4.79 Å². The molecule has 8 heteroatoms. The number of aromatic nitrogens is 4. The van der Waals surface area contributed by atoms with Crippen molar-refractivity contribution in [3.8, 4) is 0 Å². The number of primary amides is 1. The number of amides is 1. The monoisotopic (exact) mass is 381 g/mol. The molecule has 0 aliphatic carbocycles. The summed E-state index contributed by atoms with van der Waals surface area (Å²) in [6.45, 7) is 0.595. The zero-order chi connectivity index (χ0) is 17.9. The van der Waals surface area contributed by atoms with Crippen LogP contribution in [0.3, 0.4) is 0 Å². The lowest BCUT2D eigenvalue weighted by atomic mass is 10.1. The van der Waals surface area contributed by atoms with Gasteiger partial charge in [-0.25, -0.2) is 9.67 Å². The molecule has 1 amide bonds. The lowest BCUT2D eigenvalue weighted by Crippen LogP contribution is -2.10. The number of carbonyl (C=O) groups is 1. The van der Waals surface area contributed by atoms with E-state index < -0.39 is 5.91 Å². The number of nitrogens with zero attached hydrogens (tertiary/aromatic N) is 4. The van der Waals surface area contributed by atoms with Crippen molar-refractivity contribution in [2.24, 2.45) is 5.73 Å². The molecule has 2 aromatic heterocycles. The van der Waals surface area contributed by atoms with E-state index in [4.69, 9.17) is 5.73 Å². The molecule has 0 saturated carbocycles. The summed E-state index contributed by atoms with van der Waals surface area (Å²) < 4.78 is 4.01. The van der Waals surface area contributed by atoms with Gasteiger partial charge in [0.25, 0.3) is 0 Å². The third-order valence-electron chi connectivity index (χ3n) is 3.79. The first-order valence-corrected chi connectivity index (χ1v) is 9.74. The maximum atomic E-state index is 11.1. The minimum absolute atomic E-state index is 0.425. The molecule has 0 atom stereocenters. The number of rotatable bonds is 6. The Bertz CT molecular complexity index is 1020. The highest BCUT2D eigenvalue weighted by molar-refractivity contribution is 8.00. The predicted octanol–water partition coefficient (Wildman–Crippen LogP) is 3.33. The Labute approximate surface area is 158 Å². The van der Waals surface area contributed by atoms with Crippen LogP contribution < -0.4 is 5.73 Å². The van der Waals surface area contributed by atoms with E-state index in [0.29, 0.717) is 12.1 Å². The molecule has 0 bridgehead atoms. The highest BCUT2D eigenvalue weighted by Gasteiger charge is 2.07. The van der Waals surface area contributed by atoms with Gasteiger partial charge in [0, 0.05) is 17.5 Å². The summed E-state index contributed by atoms with van der Waals surface area (Å²) in [4.78, 5) is 15.7. The minimum Gasteiger partial charge on any atom is -0.366 e. The third-order valence-corrected chi connectivity index (χ3v) is 6.00. The zero-order valence-corrected chi connectivity index (χ0v) is 15.3. The number of hydrogen-bond donors (Lipinski definition) is 1. The summed E-state index contributed by atoms with van der Waals surface area (Å²) in [6, 6.07) is 15.3. The van der Waals surface area contributed by atoms with E-state index in [-0.39, 0.29) is 0 Å². The first-order valence-electron chi connectivity index (χ1n) is 7.93. The van der Waals surface area contributed by atoms with Gasteiger partial charge in [0.2, 0.25) is 5.91 Å². The van der Waals surface area contributed by atoms with E-state index in [1.54, 1.807) is 39.9 Å². The molecule has 0 fully saturated rings. The average molecular weight is 381 g/mol. The number of carbonyl (C=O) groups excluding carboxylic acids is 1. The Morgan fingerprint density at radius 2 is 1.96 bits per heavy atom. The second-order valence-electron chi connectivity index (χ2n) is 5.70. The first-order chi connectivity index (χ1) is 12.7. The second kappa shape index (κ2) is 7.27. The van der Waals surface area contributed by atoms with Crippen LogP contribution in [0, 0.1) is 0 Å². The Hall–Kier alpha value is -2.71. The van der Waals surface area contributed by atoms with Crippen molar-refractivity contribution < 1.29 is 4.79 Å². The summed E-state index contributed by atoms with van der Waals surface area (Å²) in [7, 11) is 0. The molecule has 2 heterocycles. The maximum Gasteiger partial charge on any atom is 0.248 e. The molecule has 4 rings (SSSR count). The van der Waals surface area contributed by atoms with Crippen molar-refractivity contribution in [2.45, 2.75) is 16.6 Å². The maximum absolute atomic E-state index is 11.1. The smallest absolute Gasteiger partial charge is 0.248 e. The quantitative estimate of drug-likeness (QED) is 0.518. The van der Waals surface area contributed by atoms with Crippen LogP contribution >= 0.6 is 23.1 Å². The molecule has 2 N–H and O–H groups in total. The Kier molecular flexibility index (Phi) is 4.68. The van der Waals surface area contributed by atoms with E-state index in [2.05, 4.69) is 21.4 Å². The molecular weight excluding hydrogens is 366 g/mol. The molecule has 0 radical (unpaired) electrons. The number of hydrogen-bond acceptors (Lipinski definition) is 6. The molecule has 0 aliphatic rings. The van der Waals surface area contributed by atoms with Gasteiger partial charge in [-0.05, 0) is 29.8 Å². The molecule has 0 spiro atoms. The van der Waals surface area contributed by atoms with Crippen LogP contribution in [-0.4, -0.2) is 25.9 Å². The van der Waals surface area contributed by atoms with Gasteiger partial charge in [-0.1, -0.05) is 41.2 Å². The van der Waals surface area contributed by atoms with Gasteiger partial charge in [-0.3, -0.25) is 4.79 Å². The molecule has 0 saturated heterocycles. The number of thiazole rings is 1.